The summed E-state index contributed by atoms with van der Waals surface area (Å²) >= 11 is 0.544. The van der Waals surface area contributed by atoms with E-state index >= 15 is 0 Å². The van der Waals surface area contributed by atoms with Crippen molar-refractivity contribution in [3.63, 3.8) is 0 Å². The van der Waals surface area contributed by atoms with Gasteiger partial charge in [0, 0.05) is 6.08 Å². The molecular formula is C7H7NO4S. The predicted molar refractivity (Wildman–Crippen MR) is 45.3 cm³/mol. The van der Waals surface area contributed by atoms with Gasteiger partial charge in [-0.2, -0.15) is 5.26 Å². The van der Waals surface area contributed by atoms with E-state index in [2.05, 4.69) is 9.47 Å². The van der Waals surface area contributed by atoms with Crippen LogP contribution in [0.5, 0.6) is 0 Å². The number of carbonyl (C=O) groups excluding carboxylic acids is 2. The van der Waals surface area contributed by atoms with Crippen LogP contribution in [0.25, 0.3) is 0 Å². The van der Waals surface area contributed by atoms with Gasteiger partial charge < -0.3 is 9.47 Å². The van der Waals surface area contributed by atoms with Gasteiger partial charge in [0.15, 0.2) is 0 Å². The van der Waals surface area contributed by atoms with Crippen molar-refractivity contribution in [3.05, 3.63) is 11.0 Å². The Labute approximate surface area is 79.3 Å². The number of methoxy groups -OCH3 is 2. The molecule has 0 aliphatic carbocycles. The monoisotopic (exact) mass is 201 g/mol. The van der Waals surface area contributed by atoms with Crippen LogP contribution >= 0.6 is 11.8 Å². The average Bonchev–Trinajstić information content (AvgIpc) is 2.15. The Bertz CT molecular complexity index is 279. The summed E-state index contributed by atoms with van der Waals surface area (Å²) < 4.78 is 8.60. The lowest BCUT2D eigenvalue weighted by Crippen LogP contribution is -2.05. The maximum atomic E-state index is 10.9. The lowest BCUT2D eigenvalue weighted by atomic mass is 10.5. The van der Waals surface area contributed by atoms with Gasteiger partial charge >= 0.3 is 11.9 Å². The van der Waals surface area contributed by atoms with Crippen LogP contribution in [-0.4, -0.2) is 26.2 Å². The van der Waals surface area contributed by atoms with Crippen molar-refractivity contribution in [2.45, 2.75) is 0 Å². The van der Waals surface area contributed by atoms with Crippen molar-refractivity contribution in [2.24, 2.45) is 0 Å². The molecule has 0 unspecified atom stereocenters. The van der Waals surface area contributed by atoms with Gasteiger partial charge in [-0.15, -0.1) is 0 Å². The maximum absolute atomic E-state index is 10.9. The molecule has 0 aliphatic heterocycles. The van der Waals surface area contributed by atoms with Crippen LogP contribution in [0.15, 0.2) is 11.0 Å². The van der Waals surface area contributed by atoms with Gasteiger partial charge in [0.05, 0.1) is 14.2 Å². The van der Waals surface area contributed by atoms with Crippen LogP contribution < -0.4 is 0 Å². The maximum Gasteiger partial charge on any atom is 0.345 e. The molecule has 0 atom stereocenters. The zero-order valence-corrected chi connectivity index (χ0v) is 7.88. The van der Waals surface area contributed by atoms with Gasteiger partial charge in [-0.3, -0.25) is 0 Å². The number of hydrogen-bond donors (Lipinski definition) is 0. The fourth-order valence-electron chi connectivity index (χ4n) is 0.446. The van der Waals surface area contributed by atoms with Crippen molar-refractivity contribution < 1.29 is 19.1 Å². The topological polar surface area (TPSA) is 76.4 Å². The molecule has 0 rings (SSSR count). The average molecular weight is 201 g/mol. The van der Waals surface area contributed by atoms with Crippen molar-refractivity contribution >= 4 is 23.7 Å². The summed E-state index contributed by atoms with van der Waals surface area (Å²) in [5.74, 6) is -1.44. The fraction of sp³-hybridized carbons (Fsp3) is 0.286. The van der Waals surface area contributed by atoms with Crippen molar-refractivity contribution in [3.8, 4) is 5.40 Å². The van der Waals surface area contributed by atoms with Crippen LogP contribution in [0.3, 0.4) is 0 Å². The third-order valence-electron chi connectivity index (χ3n) is 0.992. The molecule has 13 heavy (non-hydrogen) atoms. The zero-order chi connectivity index (χ0) is 10.3. The fourth-order valence-corrected chi connectivity index (χ4v) is 0.866. The highest BCUT2D eigenvalue weighted by atomic mass is 32.2. The molecule has 0 amide bonds. The van der Waals surface area contributed by atoms with E-state index in [9.17, 15) is 9.59 Å². The highest BCUT2D eigenvalue weighted by molar-refractivity contribution is 8.08. The minimum atomic E-state index is -0.739. The number of rotatable bonds is 3. The van der Waals surface area contributed by atoms with Gasteiger partial charge in [0.1, 0.15) is 10.3 Å². The first-order valence-corrected chi connectivity index (χ1v) is 3.91. The summed E-state index contributed by atoms with van der Waals surface area (Å²) in [6, 6.07) is 0. The second kappa shape index (κ2) is 6.08. The van der Waals surface area contributed by atoms with Crippen molar-refractivity contribution in [1.29, 1.82) is 5.26 Å². The molecule has 0 bridgehead atoms. The Balaban J connectivity index is 4.61. The molecule has 0 aromatic heterocycles. The standard InChI is InChI=1S/C7H7NO4S/c1-11-6(9)3-5(13-4-8)7(10)12-2/h3H,1-2H3/b5-3-. The number of nitrogens with zero attached hydrogens (tertiary/aromatic N) is 1. The summed E-state index contributed by atoms with van der Waals surface area (Å²) in [6.07, 6.45) is 0.902. The largest absolute Gasteiger partial charge is 0.466 e. The molecule has 0 fully saturated rings. The molecule has 0 radical (unpaired) electrons. The minimum Gasteiger partial charge on any atom is -0.466 e. The molecule has 0 heterocycles. The lowest BCUT2D eigenvalue weighted by Gasteiger charge is -1.98. The van der Waals surface area contributed by atoms with E-state index in [4.69, 9.17) is 5.26 Å². The van der Waals surface area contributed by atoms with Crippen molar-refractivity contribution in [1.82, 2.24) is 0 Å². The SMILES string of the molecule is COC(=O)/C=C(\SC#N)C(=O)OC. The minimum absolute atomic E-state index is 0.100. The Kier molecular flexibility index (Phi) is 5.39. The highest BCUT2D eigenvalue weighted by Gasteiger charge is 2.12. The first-order chi connectivity index (χ1) is 6.15. The first-order valence-electron chi connectivity index (χ1n) is 3.09. The predicted octanol–water partition coefficient (Wildman–Crippen LogP) is 0.431. The Morgan fingerprint density at radius 2 is 2.00 bits per heavy atom. The molecule has 0 aliphatic rings. The van der Waals surface area contributed by atoms with E-state index < -0.39 is 11.9 Å². The molecule has 0 aromatic carbocycles. The van der Waals surface area contributed by atoms with Gasteiger partial charge in [-0.05, 0) is 11.8 Å². The second-order valence-electron chi connectivity index (χ2n) is 1.72. The molecule has 0 saturated heterocycles. The van der Waals surface area contributed by atoms with E-state index in [1.54, 1.807) is 5.40 Å². The van der Waals surface area contributed by atoms with E-state index in [1.165, 1.54) is 7.11 Å². The normalized spacial score (nSPS) is 10.1. The Morgan fingerprint density at radius 3 is 2.38 bits per heavy atom. The number of hydrogen-bond acceptors (Lipinski definition) is 6. The third-order valence-corrected chi connectivity index (χ3v) is 1.59. The molecule has 0 aromatic rings. The Morgan fingerprint density at radius 1 is 1.38 bits per heavy atom. The molecule has 5 nitrogen and oxygen atoms in total. The number of carbonyl (C=O) groups is 2. The molecule has 70 valence electrons. The summed E-state index contributed by atoms with van der Waals surface area (Å²) in [5, 5.41) is 9.93. The Hall–Kier alpha value is -1.48. The van der Waals surface area contributed by atoms with Crippen LogP contribution in [-0.2, 0) is 19.1 Å². The molecular weight excluding hydrogens is 194 g/mol. The molecule has 0 spiro atoms. The second-order valence-corrected chi connectivity index (χ2v) is 2.54. The van der Waals surface area contributed by atoms with Gasteiger partial charge in [0.25, 0.3) is 0 Å². The first kappa shape index (κ1) is 11.5. The van der Waals surface area contributed by atoms with Crippen molar-refractivity contribution in [2.75, 3.05) is 14.2 Å². The lowest BCUT2D eigenvalue weighted by molar-refractivity contribution is -0.137. The van der Waals surface area contributed by atoms with E-state index in [0.717, 1.165) is 13.2 Å². The summed E-state index contributed by atoms with van der Waals surface area (Å²) in [6.45, 7) is 0. The van der Waals surface area contributed by atoms with E-state index in [-0.39, 0.29) is 4.91 Å². The van der Waals surface area contributed by atoms with Gasteiger partial charge in [-0.1, -0.05) is 0 Å². The molecule has 6 heteroatoms. The van der Waals surface area contributed by atoms with Crippen LogP contribution in [0.1, 0.15) is 0 Å². The molecule has 0 saturated carbocycles. The summed E-state index contributed by atoms with van der Waals surface area (Å²) in [7, 11) is 2.33. The number of esters is 2. The smallest absolute Gasteiger partial charge is 0.345 e. The van der Waals surface area contributed by atoms with E-state index in [0.29, 0.717) is 11.8 Å². The summed E-state index contributed by atoms with van der Waals surface area (Å²) in [5.41, 5.74) is 0. The van der Waals surface area contributed by atoms with Crippen LogP contribution in [0.4, 0.5) is 0 Å². The number of thiocyanates is 1. The number of ether oxygens (including phenoxy) is 2. The van der Waals surface area contributed by atoms with Gasteiger partial charge in [0.2, 0.25) is 0 Å². The highest BCUT2D eigenvalue weighted by Crippen LogP contribution is 2.15. The zero-order valence-electron chi connectivity index (χ0n) is 7.07. The number of nitriles is 1. The molecule has 0 N–H and O–H groups in total. The third kappa shape index (κ3) is 4.18. The number of thioether (sulfide) groups is 1. The van der Waals surface area contributed by atoms with Gasteiger partial charge in [-0.25, -0.2) is 9.59 Å². The summed E-state index contributed by atoms with van der Waals surface area (Å²) in [4.78, 5) is 21.5. The quantitative estimate of drug-likeness (QED) is 0.374. The van der Waals surface area contributed by atoms with Crippen LogP contribution in [0.2, 0.25) is 0 Å². The van der Waals surface area contributed by atoms with Crippen LogP contribution in [0, 0.1) is 10.7 Å². The van der Waals surface area contributed by atoms with E-state index in [1.807, 2.05) is 0 Å².